The van der Waals surface area contributed by atoms with Gasteiger partial charge in [-0.25, -0.2) is 0 Å². The van der Waals surface area contributed by atoms with Crippen LogP contribution in [0.3, 0.4) is 0 Å². The summed E-state index contributed by atoms with van der Waals surface area (Å²) in [5, 5.41) is 7.09. The van der Waals surface area contributed by atoms with E-state index >= 15 is 0 Å². The average Bonchev–Trinajstić information content (AvgIpc) is 2.71. The van der Waals surface area contributed by atoms with E-state index in [0.29, 0.717) is 24.3 Å². The van der Waals surface area contributed by atoms with Crippen LogP contribution in [0, 0.1) is 6.92 Å². The zero-order chi connectivity index (χ0) is 9.10. The van der Waals surface area contributed by atoms with Crippen molar-refractivity contribution in [1.82, 2.24) is 15.5 Å². The smallest absolute Gasteiger partial charge is 0.223 e. The van der Waals surface area contributed by atoms with E-state index < -0.39 is 0 Å². The average molecular weight is 183 g/mol. The Bertz CT molecular complexity index is 268. The molecule has 1 unspecified atom stereocenters. The fourth-order valence-electron chi connectivity index (χ4n) is 1.34. The lowest BCUT2D eigenvalue weighted by Crippen LogP contribution is -2.28. The van der Waals surface area contributed by atoms with Gasteiger partial charge in [-0.2, -0.15) is 4.98 Å². The highest BCUT2D eigenvalue weighted by Gasteiger charge is 2.15. The highest BCUT2D eigenvalue weighted by Crippen LogP contribution is 2.04. The molecule has 0 spiro atoms. The molecule has 1 atom stereocenters. The molecule has 1 N–H and O–H groups in total. The molecule has 2 heterocycles. The molecular weight excluding hydrogens is 170 g/mol. The maximum Gasteiger partial charge on any atom is 0.223 e. The van der Waals surface area contributed by atoms with Crippen molar-refractivity contribution in [2.24, 2.45) is 0 Å². The Hall–Kier alpha value is -0.940. The van der Waals surface area contributed by atoms with Crippen LogP contribution in [-0.4, -0.2) is 29.4 Å². The van der Waals surface area contributed by atoms with E-state index in [2.05, 4.69) is 15.5 Å². The van der Waals surface area contributed by atoms with E-state index in [1.807, 2.05) is 0 Å². The maximum absolute atomic E-state index is 5.22. The molecule has 1 aliphatic rings. The van der Waals surface area contributed by atoms with E-state index in [9.17, 15) is 0 Å². The van der Waals surface area contributed by atoms with Gasteiger partial charge in [-0.1, -0.05) is 5.16 Å². The summed E-state index contributed by atoms with van der Waals surface area (Å²) in [5.41, 5.74) is 0. The van der Waals surface area contributed by atoms with Crippen LogP contribution in [0.1, 0.15) is 18.1 Å². The second-order valence-electron chi connectivity index (χ2n) is 3.17. The number of hydrogen-bond acceptors (Lipinski definition) is 5. The molecule has 1 aromatic rings. The van der Waals surface area contributed by atoms with E-state index in [0.717, 1.165) is 19.6 Å². The summed E-state index contributed by atoms with van der Waals surface area (Å²) in [5.74, 6) is 1.32. The predicted molar refractivity (Wildman–Crippen MR) is 45.1 cm³/mol. The lowest BCUT2D eigenvalue weighted by molar-refractivity contribution is 0.189. The van der Waals surface area contributed by atoms with Gasteiger partial charge in [-0.15, -0.1) is 0 Å². The van der Waals surface area contributed by atoms with Gasteiger partial charge in [0.2, 0.25) is 5.89 Å². The van der Waals surface area contributed by atoms with Gasteiger partial charge >= 0.3 is 0 Å². The third kappa shape index (κ3) is 2.26. The SMILES string of the molecule is Cc1nc(CNC2CCOC2)no1. The number of hydrogen-bond donors (Lipinski definition) is 1. The maximum atomic E-state index is 5.22. The van der Waals surface area contributed by atoms with Crippen molar-refractivity contribution in [3.8, 4) is 0 Å². The first-order valence-electron chi connectivity index (χ1n) is 4.45. The number of nitrogens with zero attached hydrogens (tertiary/aromatic N) is 2. The number of aryl methyl sites for hydroxylation is 1. The van der Waals surface area contributed by atoms with Crippen molar-refractivity contribution in [3.63, 3.8) is 0 Å². The first-order chi connectivity index (χ1) is 6.34. The Morgan fingerprint density at radius 3 is 3.15 bits per heavy atom. The summed E-state index contributed by atoms with van der Waals surface area (Å²) < 4.78 is 10.1. The normalized spacial score (nSPS) is 22.4. The molecule has 1 fully saturated rings. The third-order valence-electron chi connectivity index (χ3n) is 2.05. The molecule has 1 saturated heterocycles. The topological polar surface area (TPSA) is 60.2 Å². The van der Waals surface area contributed by atoms with E-state index in [4.69, 9.17) is 9.26 Å². The molecule has 0 aromatic carbocycles. The van der Waals surface area contributed by atoms with Gasteiger partial charge < -0.3 is 14.6 Å². The number of aromatic nitrogens is 2. The first-order valence-corrected chi connectivity index (χ1v) is 4.45. The Kier molecular flexibility index (Phi) is 2.56. The minimum Gasteiger partial charge on any atom is -0.380 e. The van der Waals surface area contributed by atoms with Crippen LogP contribution < -0.4 is 5.32 Å². The quantitative estimate of drug-likeness (QED) is 0.728. The van der Waals surface area contributed by atoms with Gasteiger partial charge in [0, 0.05) is 19.6 Å². The minimum absolute atomic E-state index is 0.443. The van der Waals surface area contributed by atoms with Crippen LogP contribution in [0.15, 0.2) is 4.52 Å². The lowest BCUT2D eigenvalue weighted by Gasteiger charge is -2.06. The summed E-state index contributed by atoms with van der Waals surface area (Å²) in [6.45, 7) is 4.08. The first kappa shape index (κ1) is 8.65. The number of rotatable bonds is 3. The van der Waals surface area contributed by atoms with Crippen molar-refractivity contribution < 1.29 is 9.26 Å². The fourth-order valence-corrected chi connectivity index (χ4v) is 1.34. The van der Waals surface area contributed by atoms with Crippen LogP contribution in [0.25, 0.3) is 0 Å². The van der Waals surface area contributed by atoms with Gasteiger partial charge in [0.15, 0.2) is 5.82 Å². The molecule has 0 bridgehead atoms. The highest BCUT2D eigenvalue weighted by atomic mass is 16.5. The van der Waals surface area contributed by atoms with E-state index in [1.54, 1.807) is 6.92 Å². The molecule has 5 heteroatoms. The monoisotopic (exact) mass is 183 g/mol. The lowest BCUT2D eigenvalue weighted by atomic mass is 10.2. The summed E-state index contributed by atoms with van der Waals surface area (Å²) in [4.78, 5) is 4.09. The Balaban J connectivity index is 1.78. The molecule has 13 heavy (non-hydrogen) atoms. The molecule has 0 aliphatic carbocycles. The van der Waals surface area contributed by atoms with Crippen LogP contribution in [0.2, 0.25) is 0 Å². The molecule has 1 aliphatic heterocycles. The second kappa shape index (κ2) is 3.85. The molecule has 2 rings (SSSR count). The summed E-state index contributed by atoms with van der Waals surface area (Å²) in [6, 6.07) is 0.443. The molecular formula is C8H13N3O2. The van der Waals surface area contributed by atoms with Crippen LogP contribution >= 0.6 is 0 Å². The highest BCUT2D eigenvalue weighted by molar-refractivity contribution is 4.84. The fraction of sp³-hybridized carbons (Fsp3) is 0.750. The molecule has 72 valence electrons. The molecule has 5 nitrogen and oxygen atoms in total. The van der Waals surface area contributed by atoms with Crippen LogP contribution in [0.5, 0.6) is 0 Å². The Labute approximate surface area is 76.5 Å². The second-order valence-corrected chi connectivity index (χ2v) is 3.17. The number of ether oxygens (including phenoxy) is 1. The van der Waals surface area contributed by atoms with Crippen molar-refractivity contribution >= 4 is 0 Å². The molecule has 0 amide bonds. The summed E-state index contributed by atoms with van der Waals surface area (Å²) >= 11 is 0. The molecule has 1 aromatic heterocycles. The van der Waals surface area contributed by atoms with Gasteiger partial charge in [0.1, 0.15) is 0 Å². The molecule has 0 saturated carbocycles. The van der Waals surface area contributed by atoms with Crippen LogP contribution in [-0.2, 0) is 11.3 Å². The van der Waals surface area contributed by atoms with Crippen molar-refractivity contribution in [1.29, 1.82) is 0 Å². The minimum atomic E-state index is 0.443. The zero-order valence-electron chi connectivity index (χ0n) is 7.62. The van der Waals surface area contributed by atoms with Gasteiger partial charge in [-0.05, 0) is 6.42 Å². The Morgan fingerprint density at radius 2 is 2.54 bits per heavy atom. The van der Waals surface area contributed by atoms with Gasteiger partial charge in [0.05, 0.1) is 13.2 Å². The van der Waals surface area contributed by atoms with Crippen molar-refractivity contribution in [2.75, 3.05) is 13.2 Å². The summed E-state index contributed by atoms with van der Waals surface area (Å²) in [6.07, 6.45) is 1.07. The van der Waals surface area contributed by atoms with Crippen molar-refractivity contribution in [2.45, 2.75) is 25.9 Å². The standard InChI is InChI=1S/C8H13N3O2/c1-6-10-8(11-13-6)4-9-7-2-3-12-5-7/h7,9H,2-5H2,1H3. The largest absolute Gasteiger partial charge is 0.380 e. The Morgan fingerprint density at radius 1 is 1.62 bits per heavy atom. The van der Waals surface area contributed by atoms with E-state index in [1.165, 1.54) is 0 Å². The van der Waals surface area contributed by atoms with Gasteiger partial charge in [0.25, 0.3) is 0 Å². The van der Waals surface area contributed by atoms with Crippen molar-refractivity contribution in [3.05, 3.63) is 11.7 Å². The summed E-state index contributed by atoms with van der Waals surface area (Å²) in [7, 11) is 0. The molecule has 0 radical (unpaired) electrons. The zero-order valence-corrected chi connectivity index (χ0v) is 7.62. The van der Waals surface area contributed by atoms with E-state index in [-0.39, 0.29) is 0 Å². The van der Waals surface area contributed by atoms with Gasteiger partial charge in [-0.3, -0.25) is 0 Å². The van der Waals surface area contributed by atoms with Crippen LogP contribution in [0.4, 0.5) is 0 Å². The number of nitrogens with one attached hydrogen (secondary N) is 1. The predicted octanol–water partition coefficient (Wildman–Crippen LogP) is 0.257. The third-order valence-corrected chi connectivity index (χ3v) is 2.05.